The van der Waals surface area contributed by atoms with Gasteiger partial charge in [0.2, 0.25) is 11.8 Å². The quantitative estimate of drug-likeness (QED) is 0.682. The SMILES string of the molecule is COc1cc(NC(=O)CNC(=O)CN)ccc1F. The molecule has 1 rings (SSSR count). The highest BCUT2D eigenvalue weighted by Crippen LogP contribution is 2.21. The fraction of sp³-hybridized carbons (Fsp3) is 0.273. The minimum absolute atomic E-state index is 0.0267. The molecule has 0 heterocycles. The average Bonchev–Trinajstić information content (AvgIpc) is 2.38. The van der Waals surface area contributed by atoms with Gasteiger partial charge in [-0.15, -0.1) is 0 Å². The molecule has 0 unspecified atom stereocenters. The van der Waals surface area contributed by atoms with Crippen LogP contribution in [0.1, 0.15) is 0 Å². The molecule has 0 saturated heterocycles. The molecule has 0 aliphatic heterocycles. The summed E-state index contributed by atoms with van der Waals surface area (Å²) in [5.41, 5.74) is 5.44. The molecule has 4 N–H and O–H groups in total. The van der Waals surface area contributed by atoms with Crippen LogP contribution < -0.4 is 21.1 Å². The first-order chi connectivity index (χ1) is 8.56. The van der Waals surface area contributed by atoms with Crippen LogP contribution in [0.15, 0.2) is 18.2 Å². The molecule has 0 bridgehead atoms. The van der Waals surface area contributed by atoms with Crippen LogP contribution in [0, 0.1) is 5.82 Å². The maximum Gasteiger partial charge on any atom is 0.243 e. The van der Waals surface area contributed by atoms with Crippen LogP contribution in [-0.4, -0.2) is 32.0 Å². The number of carbonyl (C=O) groups excluding carboxylic acids is 2. The molecule has 1 aromatic rings. The summed E-state index contributed by atoms with van der Waals surface area (Å²) < 4.78 is 17.9. The third-order valence-corrected chi connectivity index (χ3v) is 2.07. The molecule has 0 saturated carbocycles. The molecule has 1 aromatic carbocycles. The van der Waals surface area contributed by atoms with Crippen LogP contribution in [0.25, 0.3) is 0 Å². The summed E-state index contributed by atoms with van der Waals surface area (Å²) in [6, 6.07) is 3.91. The molecule has 2 amide bonds. The number of halogens is 1. The van der Waals surface area contributed by atoms with Crippen molar-refractivity contribution in [2.24, 2.45) is 5.73 Å². The van der Waals surface area contributed by atoms with Crippen molar-refractivity contribution in [1.82, 2.24) is 5.32 Å². The third-order valence-electron chi connectivity index (χ3n) is 2.07. The number of amides is 2. The standard InChI is InChI=1S/C11H14FN3O3/c1-18-9-4-7(2-3-8(9)12)15-11(17)6-14-10(16)5-13/h2-4H,5-6,13H2,1H3,(H,14,16)(H,15,17). The van der Waals surface area contributed by atoms with Crippen LogP contribution in [0.3, 0.4) is 0 Å². The van der Waals surface area contributed by atoms with Crippen molar-refractivity contribution >= 4 is 17.5 Å². The smallest absolute Gasteiger partial charge is 0.243 e. The van der Waals surface area contributed by atoms with Gasteiger partial charge in [0.25, 0.3) is 0 Å². The maximum absolute atomic E-state index is 13.1. The van der Waals surface area contributed by atoms with Crippen LogP contribution in [0.4, 0.5) is 10.1 Å². The number of nitrogens with one attached hydrogen (secondary N) is 2. The van der Waals surface area contributed by atoms with E-state index in [2.05, 4.69) is 10.6 Å². The molecular formula is C11H14FN3O3. The van der Waals surface area contributed by atoms with Gasteiger partial charge in [-0.25, -0.2) is 4.39 Å². The number of anilines is 1. The zero-order valence-corrected chi connectivity index (χ0v) is 9.83. The Morgan fingerprint density at radius 3 is 2.72 bits per heavy atom. The van der Waals surface area contributed by atoms with Gasteiger partial charge in [0.1, 0.15) is 0 Å². The second-order valence-corrected chi connectivity index (χ2v) is 3.38. The Bertz CT molecular complexity index is 451. The summed E-state index contributed by atoms with van der Waals surface area (Å²) in [6.07, 6.45) is 0. The van der Waals surface area contributed by atoms with Crippen molar-refractivity contribution in [3.8, 4) is 5.75 Å². The van der Waals surface area contributed by atoms with Crippen molar-refractivity contribution in [1.29, 1.82) is 0 Å². The maximum atomic E-state index is 13.1. The lowest BCUT2D eigenvalue weighted by atomic mass is 10.3. The van der Waals surface area contributed by atoms with Gasteiger partial charge >= 0.3 is 0 Å². The van der Waals surface area contributed by atoms with Crippen molar-refractivity contribution in [2.75, 3.05) is 25.5 Å². The molecule has 0 fully saturated rings. The van der Waals surface area contributed by atoms with E-state index in [1.165, 1.54) is 25.3 Å². The van der Waals surface area contributed by atoms with Crippen molar-refractivity contribution in [2.45, 2.75) is 0 Å². The minimum Gasteiger partial charge on any atom is -0.494 e. The molecule has 7 heteroatoms. The second-order valence-electron chi connectivity index (χ2n) is 3.38. The predicted molar refractivity (Wildman–Crippen MR) is 63.6 cm³/mol. The summed E-state index contributed by atoms with van der Waals surface area (Å²) >= 11 is 0. The summed E-state index contributed by atoms with van der Waals surface area (Å²) in [5.74, 6) is -1.36. The van der Waals surface area contributed by atoms with E-state index in [9.17, 15) is 14.0 Å². The number of carbonyl (C=O) groups is 2. The Hall–Kier alpha value is -2.15. The largest absolute Gasteiger partial charge is 0.494 e. The van der Waals surface area contributed by atoms with Gasteiger partial charge < -0.3 is 21.1 Å². The second kappa shape index (κ2) is 6.55. The first kappa shape index (κ1) is 13.9. The fourth-order valence-corrected chi connectivity index (χ4v) is 1.19. The molecule has 0 spiro atoms. The van der Waals surface area contributed by atoms with E-state index in [-0.39, 0.29) is 18.8 Å². The Balaban J connectivity index is 2.56. The predicted octanol–water partition coefficient (Wildman–Crippen LogP) is -0.152. The fourth-order valence-electron chi connectivity index (χ4n) is 1.19. The highest BCUT2D eigenvalue weighted by atomic mass is 19.1. The van der Waals surface area contributed by atoms with Gasteiger partial charge in [-0.05, 0) is 12.1 Å². The highest BCUT2D eigenvalue weighted by molar-refractivity contribution is 5.94. The summed E-state index contributed by atoms with van der Waals surface area (Å²) in [5, 5.41) is 4.79. The molecular weight excluding hydrogens is 241 g/mol. The van der Waals surface area contributed by atoms with E-state index in [0.717, 1.165) is 0 Å². The van der Waals surface area contributed by atoms with Crippen LogP contribution >= 0.6 is 0 Å². The topological polar surface area (TPSA) is 93.5 Å². The van der Waals surface area contributed by atoms with E-state index in [4.69, 9.17) is 10.5 Å². The van der Waals surface area contributed by atoms with Gasteiger partial charge in [0, 0.05) is 11.8 Å². The third kappa shape index (κ3) is 4.02. The van der Waals surface area contributed by atoms with Crippen LogP contribution in [0.2, 0.25) is 0 Å². The van der Waals surface area contributed by atoms with E-state index >= 15 is 0 Å². The van der Waals surface area contributed by atoms with Crippen molar-refractivity contribution in [3.05, 3.63) is 24.0 Å². The molecule has 0 aliphatic carbocycles. The molecule has 98 valence electrons. The van der Waals surface area contributed by atoms with Crippen molar-refractivity contribution in [3.63, 3.8) is 0 Å². The normalized spacial score (nSPS) is 9.72. The number of benzene rings is 1. The highest BCUT2D eigenvalue weighted by Gasteiger charge is 2.07. The Morgan fingerprint density at radius 2 is 2.11 bits per heavy atom. The lowest BCUT2D eigenvalue weighted by Gasteiger charge is -2.08. The molecule has 0 aliphatic rings. The van der Waals surface area contributed by atoms with Gasteiger partial charge in [-0.2, -0.15) is 0 Å². The lowest BCUT2D eigenvalue weighted by molar-refractivity contribution is -0.123. The van der Waals surface area contributed by atoms with Crippen molar-refractivity contribution < 1.29 is 18.7 Å². The summed E-state index contributed by atoms with van der Waals surface area (Å²) in [4.78, 5) is 22.2. The number of hydrogen-bond acceptors (Lipinski definition) is 4. The van der Waals surface area contributed by atoms with Gasteiger partial charge in [-0.1, -0.05) is 0 Å². The lowest BCUT2D eigenvalue weighted by Crippen LogP contribution is -2.36. The van der Waals surface area contributed by atoms with E-state index in [1.807, 2.05) is 0 Å². The van der Waals surface area contributed by atoms with E-state index in [1.54, 1.807) is 0 Å². The van der Waals surface area contributed by atoms with Gasteiger partial charge in [0.05, 0.1) is 20.2 Å². The Kier molecular flexibility index (Phi) is 5.06. The average molecular weight is 255 g/mol. The number of ether oxygens (including phenoxy) is 1. The van der Waals surface area contributed by atoms with E-state index < -0.39 is 17.6 Å². The first-order valence-corrected chi connectivity index (χ1v) is 5.17. The molecule has 6 nitrogen and oxygen atoms in total. The molecule has 18 heavy (non-hydrogen) atoms. The zero-order valence-electron chi connectivity index (χ0n) is 9.83. The van der Waals surface area contributed by atoms with Gasteiger partial charge in [-0.3, -0.25) is 9.59 Å². The number of hydrogen-bond donors (Lipinski definition) is 3. The summed E-state index contributed by atoms with van der Waals surface area (Å²) in [6.45, 7) is -0.382. The minimum atomic E-state index is -0.521. The first-order valence-electron chi connectivity index (χ1n) is 5.17. The summed E-state index contributed by atoms with van der Waals surface area (Å²) in [7, 11) is 1.32. The molecule has 0 aromatic heterocycles. The number of rotatable bonds is 5. The van der Waals surface area contributed by atoms with Gasteiger partial charge in [0.15, 0.2) is 11.6 Å². The Morgan fingerprint density at radius 1 is 1.39 bits per heavy atom. The number of methoxy groups -OCH3 is 1. The van der Waals surface area contributed by atoms with Crippen LogP contribution in [0.5, 0.6) is 5.75 Å². The monoisotopic (exact) mass is 255 g/mol. The number of nitrogens with two attached hydrogens (primary N) is 1. The Labute approximate surface area is 103 Å². The van der Waals surface area contributed by atoms with Crippen LogP contribution in [-0.2, 0) is 9.59 Å². The molecule has 0 atom stereocenters. The molecule has 0 radical (unpaired) electrons. The van der Waals surface area contributed by atoms with E-state index in [0.29, 0.717) is 5.69 Å². The zero-order chi connectivity index (χ0) is 13.5.